The zero-order valence-corrected chi connectivity index (χ0v) is 36.8. The van der Waals surface area contributed by atoms with E-state index in [2.05, 4.69) is 61.9 Å². The molecule has 0 spiro atoms. The van der Waals surface area contributed by atoms with Crippen LogP contribution >= 0.6 is 0 Å². The van der Waals surface area contributed by atoms with Crippen LogP contribution in [0.2, 0.25) is 0 Å². The molecule has 0 saturated carbocycles. The van der Waals surface area contributed by atoms with E-state index in [0.29, 0.717) is 61.0 Å². The monoisotopic (exact) mass is 877 g/mol. The van der Waals surface area contributed by atoms with Crippen molar-refractivity contribution in [1.29, 1.82) is 0 Å². The van der Waals surface area contributed by atoms with Gasteiger partial charge in [-0.25, -0.2) is 9.78 Å². The van der Waals surface area contributed by atoms with E-state index in [0.717, 1.165) is 104 Å². The fourth-order valence-electron chi connectivity index (χ4n) is 10.4. The van der Waals surface area contributed by atoms with Gasteiger partial charge >= 0.3 is 5.69 Å². The molecule has 2 atom stereocenters. The van der Waals surface area contributed by atoms with E-state index in [1.54, 1.807) is 28.7 Å². The number of likely N-dealkylation sites (tertiary alicyclic amines) is 1. The lowest BCUT2D eigenvalue weighted by molar-refractivity contribution is -0.136. The van der Waals surface area contributed by atoms with Crippen molar-refractivity contribution in [3.05, 3.63) is 101 Å². The first-order chi connectivity index (χ1) is 31.6. The Hall–Kier alpha value is -6.84. The van der Waals surface area contributed by atoms with Crippen LogP contribution in [0.5, 0.6) is 0 Å². The lowest BCUT2D eigenvalue weighted by Crippen LogP contribution is -2.44. The summed E-state index contributed by atoms with van der Waals surface area (Å²) in [5.41, 5.74) is 6.70. The number of imide groups is 1. The summed E-state index contributed by atoms with van der Waals surface area (Å²) >= 11 is 0. The molecule has 0 bridgehead atoms. The number of carbonyl (C=O) groups is 4. The highest BCUT2D eigenvalue weighted by Crippen LogP contribution is 2.33. The molecule has 336 valence electrons. The number of H-pyrrole nitrogens is 1. The van der Waals surface area contributed by atoms with Crippen molar-refractivity contribution in [3.8, 4) is 11.1 Å². The molecule has 0 aliphatic carbocycles. The minimum absolute atomic E-state index is 0.0651. The van der Waals surface area contributed by atoms with Gasteiger partial charge in [0.2, 0.25) is 17.7 Å². The summed E-state index contributed by atoms with van der Waals surface area (Å²) in [7, 11) is 1.70. The van der Waals surface area contributed by atoms with Crippen molar-refractivity contribution >= 4 is 57.0 Å². The van der Waals surface area contributed by atoms with Crippen molar-refractivity contribution in [1.82, 2.24) is 49.2 Å². The van der Waals surface area contributed by atoms with Gasteiger partial charge in [-0.05, 0) is 116 Å². The smallest absolute Gasteiger partial charge is 0.329 e. The van der Waals surface area contributed by atoms with Gasteiger partial charge in [-0.1, -0.05) is 29.5 Å². The predicted octanol–water partition coefficient (Wildman–Crippen LogP) is 5.71. The van der Waals surface area contributed by atoms with Gasteiger partial charge in [0.05, 0.1) is 23.8 Å². The average molecular weight is 878 g/mol. The lowest BCUT2D eigenvalue weighted by atomic mass is 9.86. The topological polar surface area (TPSA) is 176 Å². The summed E-state index contributed by atoms with van der Waals surface area (Å²) in [5.74, 6) is 1.52. The summed E-state index contributed by atoms with van der Waals surface area (Å²) in [5, 5.41) is 11.2. The zero-order chi connectivity index (χ0) is 44.6. The van der Waals surface area contributed by atoms with E-state index in [-0.39, 0.29) is 29.8 Å². The first kappa shape index (κ1) is 42.1. The number of benzene rings is 2. The Morgan fingerprint density at radius 2 is 1.66 bits per heavy atom. The van der Waals surface area contributed by atoms with E-state index >= 15 is 0 Å². The normalized spacial score (nSPS) is 19.8. The number of piperidine rings is 3. The van der Waals surface area contributed by atoms with Gasteiger partial charge in [0.1, 0.15) is 17.6 Å². The van der Waals surface area contributed by atoms with Crippen molar-refractivity contribution in [3.63, 3.8) is 0 Å². The van der Waals surface area contributed by atoms with E-state index in [1.165, 1.54) is 11.0 Å². The molecule has 16 nitrogen and oxygen atoms in total. The van der Waals surface area contributed by atoms with Gasteiger partial charge in [-0.3, -0.25) is 38.3 Å². The molecule has 2 N–H and O–H groups in total. The van der Waals surface area contributed by atoms with Gasteiger partial charge in [0.15, 0.2) is 0 Å². The third kappa shape index (κ3) is 8.73. The second-order valence-corrected chi connectivity index (χ2v) is 18.3. The molecule has 6 aromatic rings. The third-order valence-corrected chi connectivity index (χ3v) is 14.2. The Balaban J connectivity index is 0.701. The number of anilines is 1. The average Bonchev–Trinajstić information content (AvgIpc) is 4.09. The Labute approximate surface area is 376 Å². The molecule has 8 heterocycles. The van der Waals surface area contributed by atoms with E-state index in [1.807, 2.05) is 40.3 Å². The molecule has 3 saturated heterocycles. The number of pyridine rings is 1. The summed E-state index contributed by atoms with van der Waals surface area (Å²) in [4.78, 5) is 79.1. The van der Waals surface area contributed by atoms with Crippen molar-refractivity contribution in [2.45, 2.75) is 76.8 Å². The van der Waals surface area contributed by atoms with Crippen LogP contribution in [0.1, 0.15) is 86.3 Å². The molecular weight excluding hydrogens is 823 g/mol. The van der Waals surface area contributed by atoms with Crippen LogP contribution in [0.25, 0.3) is 38.6 Å². The number of carbonyl (C=O) groups excluding carboxylic acids is 4. The number of rotatable bonds is 11. The van der Waals surface area contributed by atoms with E-state index in [4.69, 9.17) is 4.98 Å². The molecule has 4 aliphatic rings. The summed E-state index contributed by atoms with van der Waals surface area (Å²) < 4.78 is 4.74. The number of aryl methyl sites for hydroxylation is 2. The fraction of sp³-hybridized carbons (Fsp3) is 0.429. The molecule has 4 aliphatic heterocycles. The Bertz CT molecular complexity index is 2850. The maximum atomic E-state index is 13.9. The molecule has 3 fully saturated rings. The van der Waals surface area contributed by atoms with Gasteiger partial charge in [-0.15, -0.1) is 5.10 Å². The number of imidazole rings is 1. The van der Waals surface area contributed by atoms with Gasteiger partial charge < -0.3 is 19.7 Å². The summed E-state index contributed by atoms with van der Waals surface area (Å²) in [6.45, 7) is 5.25. The highest BCUT2D eigenvalue weighted by molar-refractivity contribution is 6.00. The molecule has 4 amide bonds. The molecule has 10 rings (SSSR count). The number of fused-ring (bicyclic) bond motifs is 2. The third-order valence-electron chi connectivity index (χ3n) is 14.2. The number of hydrogen-bond acceptors (Lipinski definition) is 9. The number of amides is 4. The molecule has 4 aromatic heterocycles. The van der Waals surface area contributed by atoms with Crippen molar-refractivity contribution < 1.29 is 19.2 Å². The lowest BCUT2D eigenvalue weighted by Gasteiger charge is -2.35. The summed E-state index contributed by atoms with van der Waals surface area (Å²) in [6, 6.07) is 17.5. The molecule has 0 radical (unpaired) electrons. The minimum Gasteiger partial charge on any atom is -0.357 e. The zero-order valence-electron chi connectivity index (χ0n) is 36.8. The van der Waals surface area contributed by atoms with Crippen molar-refractivity contribution in [2.24, 2.45) is 18.9 Å². The fourth-order valence-corrected chi connectivity index (χ4v) is 10.4. The Morgan fingerprint density at radius 3 is 2.46 bits per heavy atom. The van der Waals surface area contributed by atoms with Gasteiger partial charge in [-0.2, -0.15) is 0 Å². The van der Waals surface area contributed by atoms with Crippen molar-refractivity contribution in [2.75, 3.05) is 44.2 Å². The summed E-state index contributed by atoms with van der Waals surface area (Å²) in [6.07, 6.45) is 15.9. The maximum absolute atomic E-state index is 13.9. The number of nitrogens with one attached hydrogen (secondary N) is 2. The number of aromatic amines is 1. The number of nitrogens with zero attached hydrogens (tertiary/aromatic N) is 9. The molecule has 65 heavy (non-hydrogen) atoms. The number of aromatic nitrogens is 7. The van der Waals surface area contributed by atoms with E-state index < -0.39 is 11.9 Å². The quantitative estimate of drug-likeness (QED) is 0.155. The first-order valence-electron chi connectivity index (χ1n) is 23.1. The van der Waals surface area contributed by atoms with Crippen LogP contribution in [0.3, 0.4) is 0 Å². The Morgan fingerprint density at radius 1 is 0.831 bits per heavy atom. The molecular formula is C49H55N11O5. The van der Waals surface area contributed by atoms with Crippen LogP contribution in [0, 0.1) is 11.8 Å². The predicted molar refractivity (Wildman–Crippen MR) is 247 cm³/mol. The Kier molecular flexibility index (Phi) is 11.6. The second kappa shape index (κ2) is 18.0. The maximum Gasteiger partial charge on any atom is 0.329 e. The number of hydrogen-bond donors (Lipinski definition) is 2. The van der Waals surface area contributed by atoms with Gasteiger partial charge in [0, 0.05) is 88.0 Å². The van der Waals surface area contributed by atoms with Crippen LogP contribution in [-0.4, -0.2) is 107 Å². The SMILES string of the molecule is Cn1c(=O)n(C2CCC(=O)NC2=O)c2ccc(-c3ccc(N4CCC(CCC5CCCN(C(=O)c6cc7ccc(C8=CCCN(C(=O)CCn9ccnn9)C8)cc7[nH]6)C5)CC4)nc3)cc21. The van der Waals surface area contributed by atoms with Crippen LogP contribution in [0.15, 0.2) is 84.1 Å². The largest absolute Gasteiger partial charge is 0.357 e. The van der Waals surface area contributed by atoms with Crippen LogP contribution in [0.4, 0.5) is 5.82 Å². The molecule has 2 unspecified atom stereocenters. The highest BCUT2D eigenvalue weighted by Gasteiger charge is 2.32. The van der Waals surface area contributed by atoms with Gasteiger partial charge in [0.25, 0.3) is 5.91 Å². The first-order valence-corrected chi connectivity index (χ1v) is 23.1. The highest BCUT2D eigenvalue weighted by atomic mass is 16.2. The minimum atomic E-state index is -0.718. The second-order valence-electron chi connectivity index (χ2n) is 18.3. The van der Waals surface area contributed by atoms with Crippen LogP contribution < -0.4 is 15.9 Å². The van der Waals surface area contributed by atoms with E-state index in [9.17, 15) is 24.0 Å². The molecule has 16 heteroatoms. The molecule has 2 aromatic carbocycles. The van der Waals surface area contributed by atoms with Crippen LogP contribution in [-0.2, 0) is 28.0 Å². The standard InChI is InChI=1S/C49H55N11O5/c1-55-43-28-35(10-12-41(43)60(49(55)65)42-13-15-45(61)53-47(42)63)37-11-14-44(50-29-37)56-22-16-32(17-23-56)6-7-33-4-2-21-58(30-33)48(64)40-27-36-9-8-34(26-39(36)52-40)38-5-3-20-57(31-38)46(62)18-24-59-25-19-51-54-59/h5,8-12,14,19,25-29,32-33,42,52H,2-4,6-7,13,15-18,20-24,30-31H2,1H3,(H,53,61,63).